The first-order chi connectivity index (χ1) is 7.65. The summed E-state index contributed by atoms with van der Waals surface area (Å²) in [6, 6.07) is 3.84. The van der Waals surface area contributed by atoms with Gasteiger partial charge in [0.25, 0.3) is 0 Å². The molecule has 2 rings (SSSR count). The summed E-state index contributed by atoms with van der Waals surface area (Å²) in [5.74, 6) is 1.54. The van der Waals surface area contributed by atoms with Crippen LogP contribution in [0.25, 0.3) is 0 Å². The summed E-state index contributed by atoms with van der Waals surface area (Å²) in [5, 5.41) is 3.35. The molecule has 2 heterocycles. The van der Waals surface area contributed by atoms with Crippen LogP contribution in [0.2, 0.25) is 0 Å². The molecule has 0 aliphatic carbocycles. The lowest BCUT2D eigenvalue weighted by atomic mass is 10.1. The van der Waals surface area contributed by atoms with E-state index in [1.807, 2.05) is 19.1 Å². The van der Waals surface area contributed by atoms with E-state index in [1.54, 1.807) is 0 Å². The number of rotatable bonds is 3. The molecule has 1 atom stereocenters. The van der Waals surface area contributed by atoms with Gasteiger partial charge in [-0.1, -0.05) is 0 Å². The van der Waals surface area contributed by atoms with Gasteiger partial charge in [0.05, 0.1) is 5.69 Å². The van der Waals surface area contributed by atoms with Crippen molar-refractivity contribution in [2.45, 2.75) is 13.3 Å². The molecule has 3 N–H and O–H groups in total. The number of pyridine rings is 1. The Morgan fingerprint density at radius 2 is 2.38 bits per heavy atom. The molecule has 0 bridgehead atoms. The summed E-state index contributed by atoms with van der Waals surface area (Å²) in [5.41, 5.74) is 7.60. The van der Waals surface area contributed by atoms with E-state index in [0.29, 0.717) is 5.92 Å². The number of nitrogens with zero attached hydrogens (tertiary/aromatic N) is 2. The molecule has 0 spiro atoms. The standard InChI is InChI=1S/C12H20N4/c1-9-3-4-11(13)12(15-9)14-7-10-5-6-16(2)8-10/h3-4,10H,5-8,13H2,1-2H3,(H,14,15). The van der Waals surface area contributed by atoms with Crippen LogP contribution in [0, 0.1) is 12.8 Å². The van der Waals surface area contributed by atoms with Crippen LogP contribution >= 0.6 is 0 Å². The molecule has 1 aliphatic rings. The molecule has 0 aromatic carbocycles. The Morgan fingerprint density at radius 3 is 3.06 bits per heavy atom. The Balaban J connectivity index is 1.91. The van der Waals surface area contributed by atoms with Crippen molar-refractivity contribution in [2.24, 2.45) is 5.92 Å². The molecule has 1 aliphatic heterocycles. The normalized spacial score (nSPS) is 21.2. The highest BCUT2D eigenvalue weighted by Gasteiger charge is 2.19. The molecular formula is C12H20N4. The van der Waals surface area contributed by atoms with Crippen molar-refractivity contribution in [3.05, 3.63) is 17.8 Å². The monoisotopic (exact) mass is 220 g/mol. The predicted molar refractivity (Wildman–Crippen MR) is 67.5 cm³/mol. The van der Waals surface area contributed by atoms with Crippen LogP contribution in [-0.4, -0.2) is 36.6 Å². The zero-order valence-electron chi connectivity index (χ0n) is 10.0. The van der Waals surface area contributed by atoms with Crippen molar-refractivity contribution < 1.29 is 0 Å². The minimum absolute atomic E-state index is 0.715. The van der Waals surface area contributed by atoms with Gasteiger partial charge in [0.2, 0.25) is 0 Å². The SMILES string of the molecule is Cc1ccc(N)c(NCC2CCN(C)C2)n1. The number of nitrogens with two attached hydrogens (primary N) is 1. The van der Waals surface area contributed by atoms with Gasteiger partial charge in [-0.25, -0.2) is 4.98 Å². The van der Waals surface area contributed by atoms with E-state index >= 15 is 0 Å². The molecule has 1 aromatic heterocycles. The molecule has 1 saturated heterocycles. The average Bonchev–Trinajstić information content (AvgIpc) is 2.66. The second-order valence-corrected chi connectivity index (χ2v) is 4.69. The van der Waals surface area contributed by atoms with Crippen molar-refractivity contribution in [1.29, 1.82) is 0 Å². The number of nitrogens with one attached hydrogen (secondary N) is 1. The lowest BCUT2D eigenvalue weighted by molar-refractivity contribution is 0.399. The van der Waals surface area contributed by atoms with Gasteiger partial charge in [0, 0.05) is 18.8 Å². The average molecular weight is 220 g/mol. The third-order valence-corrected chi connectivity index (χ3v) is 3.11. The molecule has 1 aromatic rings. The van der Waals surface area contributed by atoms with Gasteiger partial charge in [-0.2, -0.15) is 0 Å². The van der Waals surface area contributed by atoms with Gasteiger partial charge < -0.3 is 16.0 Å². The number of aromatic nitrogens is 1. The zero-order chi connectivity index (χ0) is 11.5. The summed E-state index contributed by atoms with van der Waals surface area (Å²) < 4.78 is 0. The zero-order valence-corrected chi connectivity index (χ0v) is 10.0. The highest BCUT2D eigenvalue weighted by atomic mass is 15.1. The Hall–Kier alpha value is -1.29. The number of nitrogen functional groups attached to an aromatic ring is 1. The third kappa shape index (κ3) is 2.64. The molecule has 1 unspecified atom stereocenters. The highest BCUT2D eigenvalue weighted by Crippen LogP contribution is 2.18. The van der Waals surface area contributed by atoms with Crippen molar-refractivity contribution >= 4 is 11.5 Å². The number of aryl methyl sites for hydroxylation is 1. The van der Waals surface area contributed by atoms with E-state index < -0.39 is 0 Å². The molecular weight excluding hydrogens is 200 g/mol. The highest BCUT2D eigenvalue weighted by molar-refractivity contribution is 5.61. The first kappa shape index (κ1) is 11.2. The lowest BCUT2D eigenvalue weighted by Crippen LogP contribution is -2.20. The molecule has 0 saturated carbocycles. The van der Waals surface area contributed by atoms with Gasteiger partial charge in [-0.3, -0.25) is 0 Å². The molecule has 4 nitrogen and oxygen atoms in total. The van der Waals surface area contributed by atoms with Crippen LogP contribution in [0.4, 0.5) is 11.5 Å². The topological polar surface area (TPSA) is 54.2 Å². The maximum Gasteiger partial charge on any atom is 0.149 e. The van der Waals surface area contributed by atoms with Crippen LogP contribution in [0.5, 0.6) is 0 Å². The van der Waals surface area contributed by atoms with Crippen LogP contribution in [0.1, 0.15) is 12.1 Å². The molecule has 0 radical (unpaired) electrons. The molecule has 88 valence electrons. The van der Waals surface area contributed by atoms with E-state index in [4.69, 9.17) is 5.73 Å². The summed E-state index contributed by atoms with van der Waals surface area (Å²) >= 11 is 0. The van der Waals surface area contributed by atoms with E-state index in [-0.39, 0.29) is 0 Å². The molecule has 0 amide bonds. The number of anilines is 2. The molecule has 16 heavy (non-hydrogen) atoms. The lowest BCUT2D eigenvalue weighted by Gasteiger charge is -2.13. The van der Waals surface area contributed by atoms with E-state index in [2.05, 4.69) is 22.2 Å². The molecule has 1 fully saturated rings. The number of likely N-dealkylation sites (tertiary alicyclic amines) is 1. The van der Waals surface area contributed by atoms with E-state index in [9.17, 15) is 0 Å². The maximum atomic E-state index is 5.87. The van der Waals surface area contributed by atoms with Crippen LogP contribution < -0.4 is 11.1 Å². The first-order valence-corrected chi connectivity index (χ1v) is 5.80. The Bertz CT molecular complexity index is 364. The van der Waals surface area contributed by atoms with Crippen LogP contribution in [0.3, 0.4) is 0 Å². The fourth-order valence-electron chi connectivity index (χ4n) is 2.14. The van der Waals surface area contributed by atoms with Gasteiger partial charge in [-0.15, -0.1) is 0 Å². The van der Waals surface area contributed by atoms with Gasteiger partial charge in [0.15, 0.2) is 0 Å². The summed E-state index contributed by atoms with van der Waals surface area (Å²) in [6.45, 7) is 5.31. The summed E-state index contributed by atoms with van der Waals surface area (Å²) in [6.07, 6.45) is 1.26. The second kappa shape index (κ2) is 4.70. The first-order valence-electron chi connectivity index (χ1n) is 5.80. The Labute approximate surface area is 96.8 Å². The van der Waals surface area contributed by atoms with Crippen molar-refractivity contribution in [3.63, 3.8) is 0 Å². The van der Waals surface area contributed by atoms with Crippen molar-refractivity contribution in [3.8, 4) is 0 Å². The van der Waals surface area contributed by atoms with E-state index in [0.717, 1.165) is 23.7 Å². The van der Waals surface area contributed by atoms with Gasteiger partial charge in [0.1, 0.15) is 5.82 Å². The quantitative estimate of drug-likeness (QED) is 0.807. The predicted octanol–water partition coefficient (Wildman–Crippen LogP) is 1.34. The maximum absolute atomic E-state index is 5.87. The molecule has 4 heteroatoms. The van der Waals surface area contributed by atoms with Crippen LogP contribution in [0.15, 0.2) is 12.1 Å². The smallest absolute Gasteiger partial charge is 0.149 e. The minimum atomic E-state index is 0.715. The fraction of sp³-hybridized carbons (Fsp3) is 0.583. The summed E-state index contributed by atoms with van der Waals surface area (Å²) in [7, 11) is 2.17. The number of hydrogen-bond donors (Lipinski definition) is 2. The second-order valence-electron chi connectivity index (χ2n) is 4.69. The van der Waals surface area contributed by atoms with Crippen molar-refractivity contribution in [1.82, 2.24) is 9.88 Å². The fourth-order valence-corrected chi connectivity index (χ4v) is 2.14. The third-order valence-electron chi connectivity index (χ3n) is 3.11. The van der Waals surface area contributed by atoms with E-state index in [1.165, 1.54) is 19.5 Å². The summed E-state index contributed by atoms with van der Waals surface area (Å²) in [4.78, 5) is 6.76. The minimum Gasteiger partial charge on any atom is -0.396 e. The van der Waals surface area contributed by atoms with Gasteiger partial charge >= 0.3 is 0 Å². The van der Waals surface area contributed by atoms with Gasteiger partial charge in [-0.05, 0) is 45.0 Å². The van der Waals surface area contributed by atoms with Crippen LogP contribution in [-0.2, 0) is 0 Å². The largest absolute Gasteiger partial charge is 0.396 e. The van der Waals surface area contributed by atoms with Crippen molar-refractivity contribution in [2.75, 3.05) is 37.7 Å². The number of hydrogen-bond acceptors (Lipinski definition) is 4. The Morgan fingerprint density at radius 1 is 1.56 bits per heavy atom. The Kier molecular flexibility index (Phi) is 3.29.